The van der Waals surface area contributed by atoms with E-state index in [1.165, 1.54) is 31.2 Å². The SMILES string of the molecule is C[C@H](N[C@@H]1CCC[C@@H](N(C)C)C1)c1ccc(OC2CCOCC2)cc1. The molecule has 1 aliphatic heterocycles. The molecule has 1 aromatic carbocycles. The molecule has 1 heterocycles. The predicted octanol–water partition coefficient (Wildman–Crippen LogP) is 3.77. The van der Waals surface area contributed by atoms with Gasteiger partial charge in [-0.2, -0.15) is 0 Å². The van der Waals surface area contributed by atoms with Crippen molar-refractivity contribution in [3.63, 3.8) is 0 Å². The Morgan fingerprint density at radius 3 is 2.48 bits per heavy atom. The Morgan fingerprint density at radius 2 is 1.80 bits per heavy atom. The number of benzene rings is 1. The van der Waals surface area contributed by atoms with Gasteiger partial charge in [-0.25, -0.2) is 0 Å². The van der Waals surface area contributed by atoms with Crippen molar-refractivity contribution in [2.75, 3.05) is 27.3 Å². The van der Waals surface area contributed by atoms with E-state index in [4.69, 9.17) is 9.47 Å². The van der Waals surface area contributed by atoms with Gasteiger partial charge in [0.25, 0.3) is 0 Å². The summed E-state index contributed by atoms with van der Waals surface area (Å²) in [5.74, 6) is 0.980. The fourth-order valence-corrected chi connectivity index (χ4v) is 4.06. The zero-order valence-electron chi connectivity index (χ0n) is 16.0. The Labute approximate surface area is 152 Å². The predicted molar refractivity (Wildman–Crippen MR) is 102 cm³/mol. The van der Waals surface area contributed by atoms with Crippen LogP contribution in [0.5, 0.6) is 5.75 Å². The molecular weight excluding hydrogens is 312 g/mol. The molecule has 1 aliphatic carbocycles. The first-order valence-electron chi connectivity index (χ1n) is 9.88. The van der Waals surface area contributed by atoms with Crippen molar-refractivity contribution in [2.45, 2.75) is 69.7 Å². The Kier molecular flexibility index (Phi) is 6.74. The van der Waals surface area contributed by atoms with E-state index in [2.05, 4.69) is 55.5 Å². The largest absolute Gasteiger partial charge is 0.490 e. The van der Waals surface area contributed by atoms with Crippen molar-refractivity contribution in [3.8, 4) is 5.75 Å². The van der Waals surface area contributed by atoms with Crippen LogP contribution in [0.3, 0.4) is 0 Å². The summed E-state index contributed by atoms with van der Waals surface area (Å²) in [6.07, 6.45) is 7.49. The molecular formula is C21H34N2O2. The molecule has 3 atom stereocenters. The Morgan fingerprint density at radius 1 is 1.08 bits per heavy atom. The maximum absolute atomic E-state index is 6.07. The molecule has 0 unspecified atom stereocenters. The highest BCUT2D eigenvalue weighted by Crippen LogP contribution is 2.25. The Hall–Kier alpha value is -1.10. The number of nitrogens with one attached hydrogen (secondary N) is 1. The summed E-state index contributed by atoms with van der Waals surface area (Å²) in [5.41, 5.74) is 1.34. The van der Waals surface area contributed by atoms with Gasteiger partial charge in [0, 0.05) is 31.0 Å². The molecule has 0 radical (unpaired) electrons. The molecule has 0 spiro atoms. The van der Waals surface area contributed by atoms with Gasteiger partial charge in [-0.3, -0.25) is 0 Å². The van der Waals surface area contributed by atoms with E-state index in [0.717, 1.165) is 31.8 Å². The van der Waals surface area contributed by atoms with Crippen molar-refractivity contribution >= 4 is 0 Å². The third kappa shape index (κ3) is 5.44. The summed E-state index contributed by atoms with van der Waals surface area (Å²) in [4.78, 5) is 2.38. The highest BCUT2D eigenvalue weighted by molar-refractivity contribution is 5.29. The number of hydrogen-bond acceptors (Lipinski definition) is 4. The van der Waals surface area contributed by atoms with Crippen LogP contribution in [-0.4, -0.2) is 50.4 Å². The molecule has 1 N–H and O–H groups in total. The van der Waals surface area contributed by atoms with Gasteiger partial charge in [-0.05, 0) is 58.0 Å². The topological polar surface area (TPSA) is 33.7 Å². The first-order valence-corrected chi connectivity index (χ1v) is 9.88. The van der Waals surface area contributed by atoms with Crippen LogP contribution in [-0.2, 0) is 4.74 Å². The number of rotatable bonds is 6. The van der Waals surface area contributed by atoms with Crippen LogP contribution >= 0.6 is 0 Å². The number of ether oxygens (including phenoxy) is 2. The molecule has 3 rings (SSSR count). The minimum Gasteiger partial charge on any atom is -0.490 e. The summed E-state index contributed by atoms with van der Waals surface area (Å²) < 4.78 is 11.5. The normalized spacial score (nSPS) is 26.6. The van der Waals surface area contributed by atoms with Gasteiger partial charge >= 0.3 is 0 Å². The highest BCUT2D eigenvalue weighted by atomic mass is 16.5. The van der Waals surface area contributed by atoms with E-state index in [-0.39, 0.29) is 0 Å². The van der Waals surface area contributed by atoms with E-state index < -0.39 is 0 Å². The fraction of sp³-hybridized carbons (Fsp3) is 0.714. The summed E-state index contributed by atoms with van der Waals surface area (Å²) in [6, 6.07) is 10.4. The fourth-order valence-electron chi connectivity index (χ4n) is 4.06. The van der Waals surface area contributed by atoms with Gasteiger partial charge < -0.3 is 19.7 Å². The molecule has 140 valence electrons. The van der Waals surface area contributed by atoms with Gasteiger partial charge in [-0.15, -0.1) is 0 Å². The average Bonchev–Trinajstić information content (AvgIpc) is 2.63. The van der Waals surface area contributed by atoms with Crippen LogP contribution in [0.25, 0.3) is 0 Å². The van der Waals surface area contributed by atoms with Crippen molar-refractivity contribution in [1.82, 2.24) is 10.2 Å². The third-order valence-corrected chi connectivity index (χ3v) is 5.71. The Balaban J connectivity index is 1.50. The van der Waals surface area contributed by atoms with Crippen LogP contribution in [0, 0.1) is 0 Å². The van der Waals surface area contributed by atoms with E-state index in [9.17, 15) is 0 Å². The second-order valence-corrected chi connectivity index (χ2v) is 7.87. The second-order valence-electron chi connectivity index (χ2n) is 7.87. The molecule has 4 heteroatoms. The summed E-state index contributed by atoms with van der Waals surface area (Å²) in [7, 11) is 4.40. The van der Waals surface area contributed by atoms with Crippen molar-refractivity contribution < 1.29 is 9.47 Å². The number of nitrogens with zero attached hydrogens (tertiary/aromatic N) is 1. The maximum Gasteiger partial charge on any atom is 0.119 e. The molecule has 0 amide bonds. The molecule has 2 aliphatic rings. The first-order chi connectivity index (χ1) is 12.1. The lowest BCUT2D eigenvalue weighted by Crippen LogP contribution is -2.42. The molecule has 4 nitrogen and oxygen atoms in total. The summed E-state index contributed by atoms with van der Waals surface area (Å²) >= 11 is 0. The van der Waals surface area contributed by atoms with Crippen molar-refractivity contribution in [3.05, 3.63) is 29.8 Å². The molecule has 0 aromatic heterocycles. The van der Waals surface area contributed by atoms with Crippen LogP contribution in [0.15, 0.2) is 24.3 Å². The van der Waals surface area contributed by atoms with Crippen molar-refractivity contribution in [2.24, 2.45) is 0 Å². The zero-order chi connectivity index (χ0) is 17.6. The van der Waals surface area contributed by atoms with Crippen LogP contribution in [0.1, 0.15) is 57.1 Å². The van der Waals surface area contributed by atoms with Gasteiger partial charge in [0.15, 0.2) is 0 Å². The summed E-state index contributed by atoms with van der Waals surface area (Å²) in [6.45, 7) is 3.91. The summed E-state index contributed by atoms with van der Waals surface area (Å²) in [5, 5.41) is 3.84. The average molecular weight is 347 g/mol. The molecule has 1 saturated carbocycles. The highest BCUT2D eigenvalue weighted by Gasteiger charge is 2.24. The van der Waals surface area contributed by atoms with Crippen LogP contribution < -0.4 is 10.1 Å². The van der Waals surface area contributed by atoms with Crippen LogP contribution in [0.2, 0.25) is 0 Å². The molecule has 25 heavy (non-hydrogen) atoms. The lowest BCUT2D eigenvalue weighted by Gasteiger charge is -2.35. The minimum absolute atomic E-state index is 0.306. The molecule has 0 bridgehead atoms. The lowest BCUT2D eigenvalue weighted by atomic mass is 9.89. The van der Waals surface area contributed by atoms with E-state index in [0.29, 0.717) is 24.2 Å². The molecule has 1 saturated heterocycles. The molecule has 1 aromatic rings. The van der Waals surface area contributed by atoms with Crippen LogP contribution in [0.4, 0.5) is 0 Å². The number of hydrogen-bond donors (Lipinski definition) is 1. The van der Waals surface area contributed by atoms with Crippen molar-refractivity contribution in [1.29, 1.82) is 0 Å². The standard InChI is InChI=1S/C21H34N2O2/c1-16(22-18-5-4-6-19(15-18)23(2)3)17-7-9-20(10-8-17)25-21-11-13-24-14-12-21/h7-10,16,18-19,21-22H,4-6,11-15H2,1-3H3/t16-,18+,19+/m0/s1. The van der Waals surface area contributed by atoms with E-state index in [1.54, 1.807) is 0 Å². The van der Waals surface area contributed by atoms with E-state index >= 15 is 0 Å². The zero-order valence-corrected chi connectivity index (χ0v) is 16.0. The van der Waals surface area contributed by atoms with Gasteiger partial charge in [0.1, 0.15) is 11.9 Å². The Bertz CT molecular complexity index is 511. The first kappa shape index (κ1) is 18.7. The molecule has 2 fully saturated rings. The lowest BCUT2D eigenvalue weighted by molar-refractivity contribution is 0.0255. The smallest absolute Gasteiger partial charge is 0.119 e. The minimum atomic E-state index is 0.306. The maximum atomic E-state index is 6.07. The quantitative estimate of drug-likeness (QED) is 0.850. The third-order valence-electron chi connectivity index (χ3n) is 5.71. The van der Waals surface area contributed by atoms with Gasteiger partial charge in [-0.1, -0.05) is 18.6 Å². The monoisotopic (exact) mass is 346 g/mol. The van der Waals surface area contributed by atoms with Gasteiger partial charge in [0.2, 0.25) is 0 Å². The van der Waals surface area contributed by atoms with E-state index in [1.807, 2.05) is 0 Å². The second kappa shape index (κ2) is 9.02. The van der Waals surface area contributed by atoms with Gasteiger partial charge in [0.05, 0.1) is 13.2 Å².